The number of sulfonamides is 1. The molecule has 90 valence electrons. The van der Waals surface area contributed by atoms with Gasteiger partial charge in [0.25, 0.3) is 10.0 Å². The van der Waals surface area contributed by atoms with Crippen LogP contribution in [-0.2, 0) is 10.0 Å². The fourth-order valence-electron chi connectivity index (χ4n) is 1.58. The van der Waals surface area contributed by atoms with E-state index in [0.717, 1.165) is 5.57 Å². The van der Waals surface area contributed by atoms with Gasteiger partial charge in [-0.3, -0.25) is 0 Å². The maximum atomic E-state index is 11.7. The lowest BCUT2D eigenvalue weighted by molar-refractivity contribution is 0.597. The van der Waals surface area contributed by atoms with Crippen molar-refractivity contribution in [3.63, 3.8) is 0 Å². The first-order valence-electron chi connectivity index (χ1n) is 5.07. The van der Waals surface area contributed by atoms with Crippen molar-refractivity contribution in [1.82, 2.24) is 0 Å². The number of anilines is 1. The van der Waals surface area contributed by atoms with Crippen LogP contribution < -0.4 is 10.6 Å². The van der Waals surface area contributed by atoms with E-state index in [2.05, 4.69) is 11.0 Å². The molecule has 1 aromatic rings. The molecule has 6 heteroatoms. The average molecular weight is 251 g/mol. The molecule has 2 N–H and O–H groups in total. The molecule has 0 unspecified atom stereocenters. The number of fused-ring (bicyclic) bond motifs is 1. The molecule has 0 fully saturated rings. The quantitative estimate of drug-likeness (QED) is 0.804. The highest BCUT2D eigenvalue weighted by Crippen LogP contribution is 2.29. The summed E-state index contributed by atoms with van der Waals surface area (Å²) in [7, 11) is -3.55. The first kappa shape index (κ1) is 11.8. The number of nitrogens with two attached hydrogens (primary N) is 1. The third-order valence-electron chi connectivity index (χ3n) is 2.46. The molecule has 0 amide bonds. The maximum absolute atomic E-state index is 11.7. The molecule has 0 aromatic heterocycles. The SMILES string of the molecule is C=C(CN)CN1C=NS(=O)(=O)c2ccccc21. The van der Waals surface area contributed by atoms with Crippen molar-refractivity contribution >= 4 is 22.0 Å². The Labute approximate surface area is 100 Å². The molecule has 1 aliphatic heterocycles. The van der Waals surface area contributed by atoms with Gasteiger partial charge in [0.05, 0.1) is 5.69 Å². The number of benzene rings is 1. The zero-order valence-electron chi connectivity index (χ0n) is 9.20. The predicted octanol–water partition coefficient (Wildman–Crippen LogP) is 0.738. The van der Waals surface area contributed by atoms with Crippen molar-refractivity contribution in [3.05, 3.63) is 36.4 Å². The van der Waals surface area contributed by atoms with Crippen LogP contribution in [0.4, 0.5) is 5.69 Å². The molecule has 5 nitrogen and oxygen atoms in total. The highest BCUT2D eigenvalue weighted by atomic mass is 32.2. The van der Waals surface area contributed by atoms with E-state index in [-0.39, 0.29) is 4.90 Å². The minimum absolute atomic E-state index is 0.215. The van der Waals surface area contributed by atoms with Crippen LogP contribution in [0.25, 0.3) is 0 Å². The van der Waals surface area contributed by atoms with Crippen LogP contribution >= 0.6 is 0 Å². The molecule has 0 aliphatic carbocycles. The minimum atomic E-state index is -3.55. The van der Waals surface area contributed by atoms with Gasteiger partial charge in [-0.1, -0.05) is 18.7 Å². The van der Waals surface area contributed by atoms with Gasteiger partial charge < -0.3 is 10.6 Å². The zero-order valence-corrected chi connectivity index (χ0v) is 10.0. The van der Waals surface area contributed by atoms with E-state index in [9.17, 15) is 8.42 Å². The predicted molar refractivity (Wildman–Crippen MR) is 67.7 cm³/mol. The van der Waals surface area contributed by atoms with Crippen LogP contribution in [-0.4, -0.2) is 27.8 Å². The summed E-state index contributed by atoms with van der Waals surface area (Å²) in [5, 5.41) is 0. The minimum Gasteiger partial charge on any atom is -0.327 e. The van der Waals surface area contributed by atoms with Gasteiger partial charge >= 0.3 is 0 Å². The van der Waals surface area contributed by atoms with Crippen molar-refractivity contribution in [3.8, 4) is 0 Å². The summed E-state index contributed by atoms with van der Waals surface area (Å²) in [6.45, 7) is 4.62. The van der Waals surface area contributed by atoms with E-state index in [1.165, 1.54) is 6.34 Å². The highest BCUT2D eigenvalue weighted by Gasteiger charge is 2.24. The Morgan fingerprint density at radius 2 is 2.12 bits per heavy atom. The standard InChI is InChI=1S/C11H13N3O2S/c1-9(6-12)7-14-8-13-17(15,16)11-5-3-2-4-10(11)14/h2-5,8H,1,6-7,12H2. The molecule has 0 atom stereocenters. The van der Waals surface area contributed by atoms with Crippen LogP contribution in [0, 0.1) is 0 Å². The topological polar surface area (TPSA) is 75.8 Å². The first-order chi connectivity index (χ1) is 8.04. The van der Waals surface area contributed by atoms with Gasteiger partial charge in [-0.15, -0.1) is 4.40 Å². The maximum Gasteiger partial charge on any atom is 0.285 e. The van der Waals surface area contributed by atoms with E-state index >= 15 is 0 Å². The van der Waals surface area contributed by atoms with Crippen LogP contribution in [0.3, 0.4) is 0 Å². The van der Waals surface area contributed by atoms with Crippen LogP contribution in [0.2, 0.25) is 0 Å². The number of hydrogen-bond donors (Lipinski definition) is 1. The van der Waals surface area contributed by atoms with E-state index in [1.54, 1.807) is 29.2 Å². The van der Waals surface area contributed by atoms with Crippen LogP contribution in [0.5, 0.6) is 0 Å². The number of nitrogens with zero attached hydrogens (tertiary/aromatic N) is 2. The molecule has 1 aliphatic rings. The lowest BCUT2D eigenvalue weighted by Gasteiger charge is -2.25. The Balaban J connectivity index is 2.44. The van der Waals surface area contributed by atoms with Gasteiger partial charge in [-0.25, -0.2) is 0 Å². The number of para-hydroxylation sites is 1. The normalized spacial score (nSPS) is 16.6. The van der Waals surface area contributed by atoms with Gasteiger partial charge in [0.1, 0.15) is 11.2 Å². The summed E-state index contributed by atoms with van der Waals surface area (Å²) in [5.74, 6) is 0. The molecule has 0 saturated heterocycles. The second-order valence-electron chi connectivity index (χ2n) is 3.75. The summed E-state index contributed by atoms with van der Waals surface area (Å²) in [6, 6.07) is 6.74. The zero-order chi connectivity index (χ0) is 12.5. The second kappa shape index (κ2) is 4.31. The van der Waals surface area contributed by atoms with Gasteiger partial charge in [-0.2, -0.15) is 8.42 Å². The van der Waals surface area contributed by atoms with Gasteiger partial charge in [0.2, 0.25) is 0 Å². The third-order valence-corrected chi connectivity index (χ3v) is 3.73. The van der Waals surface area contributed by atoms with E-state index in [0.29, 0.717) is 18.8 Å². The van der Waals surface area contributed by atoms with Crippen molar-refractivity contribution in [2.45, 2.75) is 4.90 Å². The Morgan fingerprint density at radius 1 is 1.41 bits per heavy atom. The summed E-state index contributed by atoms with van der Waals surface area (Å²) >= 11 is 0. The molecule has 1 aromatic carbocycles. The van der Waals surface area contributed by atoms with Crippen molar-refractivity contribution < 1.29 is 8.42 Å². The molecular weight excluding hydrogens is 238 g/mol. The van der Waals surface area contributed by atoms with Gasteiger partial charge in [-0.05, 0) is 17.7 Å². The van der Waals surface area contributed by atoms with Crippen molar-refractivity contribution in [2.24, 2.45) is 10.1 Å². The highest BCUT2D eigenvalue weighted by molar-refractivity contribution is 7.90. The molecule has 0 bridgehead atoms. The fraction of sp³-hybridized carbons (Fsp3) is 0.182. The Kier molecular flexibility index (Phi) is 2.99. The summed E-state index contributed by atoms with van der Waals surface area (Å²) in [5.41, 5.74) is 6.89. The molecule has 17 heavy (non-hydrogen) atoms. The fourth-order valence-corrected chi connectivity index (χ4v) is 2.63. The molecule has 0 spiro atoms. The molecule has 1 heterocycles. The Bertz CT molecular complexity index is 578. The summed E-state index contributed by atoms with van der Waals surface area (Å²) in [4.78, 5) is 1.94. The third kappa shape index (κ3) is 2.22. The van der Waals surface area contributed by atoms with Crippen molar-refractivity contribution in [2.75, 3.05) is 18.0 Å². The Morgan fingerprint density at radius 3 is 2.82 bits per heavy atom. The molecule has 0 radical (unpaired) electrons. The van der Waals surface area contributed by atoms with E-state index < -0.39 is 10.0 Å². The lowest BCUT2D eigenvalue weighted by Crippen LogP contribution is -2.30. The molecule has 0 saturated carbocycles. The van der Waals surface area contributed by atoms with Gasteiger partial charge in [0, 0.05) is 13.1 Å². The molecular formula is C11H13N3O2S. The lowest BCUT2D eigenvalue weighted by atomic mass is 10.2. The summed E-state index contributed by atoms with van der Waals surface area (Å²) < 4.78 is 27.0. The number of rotatable bonds is 3. The summed E-state index contributed by atoms with van der Waals surface area (Å²) in [6.07, 6.45) is 1.30. The smallest absolute Gasteiger partial charge is 0.285 e. The monoisotopic (exact) mass is 251 g/mol. The van der Waals surface area contributed by atoms with Crippen LogP contribution in [0.15, 0.2) is 45.7 Å². The average Bonchev–Trinajstić information content (AvgIpc) is 2.33. The van der Waals surface area contributed by atoms with Gasteiger partial charge in [0.15, 0.2) is 0 Å². The first-order valence-corrected chi connectivity index (χ1v) is 6.51. The van der Waals surface area contributed by atoms with Crippen LogP contribution in [0.1, 0.15) is 0 Å². The second-order valence-corrected chi connectivity index (χ2v) is 5.35. The van der Waals surface area contributed by atoms with E-state index in [1.807, 2.05) is 0 Å². The number of hydrogen-bond acceptors (Lipinski definition) is 4. The largest absolute Gasteiger partial charge is 0.327 e. The van der Waals surface area contributed by atoms with Crippen molar-refractivity contribution in [1.29, 1.82) is 0 Å². The van der Waals surface area contributed by atoms with E-state index in [4.69, 9.17) is 5.73 Å². The molecule has 2 rings (SSSR count). The Hall–Kier alpha value is -1.66.